The number of nitrogens with zero attached hydrogens (tertiary/aromatic N) is 2. The second-order valence-electron chi connectivity index (χ2n) is 3.03. The Morgan fingerprint density at radius 1 is 1.40 bits per heavy atom. The SMILES string of the molecule is CN(CCC#N)S(C)(C)C. The highest BCUT2D eigenvalue weighted by Crippen LogP contribution is 2.37. The zero-order valence-electron chi connectivity index (χ0n) is 7.22. The lowest BCUT2D eigenvalue weighted by molar-refractivity contribution is 0.567. The summed E-state index contributed by atoms with van der Waals surface area (Å²) in [5, 5.41) is 8.31. The predicted octanol–water partition coefficient (Wildman–Crippen LogP) is 1.44. The molecule has 0 aromatic rings. The number of rotatable bonds is 3. The molecule has 0 saturated heterocycles. The summed E-state index contributed by atoms with van der Waals surface area (Å²) < 4.78 is 2.26. The Hall–Kier alpha value is -0.200. The fourth-order valence-electron chi connectivity index (χ4n) is 0.481. The van der Waals surface area contributed by atoms with Gasteiger partial charge in [-0.25, -0.2) is 0 Å². The highest BCUT2D eigenvalue weighted by Gasteiger charge is 2.09. The normalized spacial score (nSPS) is 13.2. The molecule has 0 amide bonds. The van der Waals surface area contributed by atoms with Gasteiger partial charge in [0.05, 0.1) is 6.07 Å². The average molecular weight is 160 g/mol. The minimum atomic E-state index is -0.593. The quantitative estimate of drug-likeness (QED) is 0.624. The van der Waals surface area contributed by atoms with Crippen molar-refractivity contribution >= 4 is 10.2 Å². The summed E-state index contributed by atoms with van der Waals surface area (Å²) in [5.41, 5.74) is 0. The summed E-state index contributed by atoms with van der Waals surface area (Å²) in [6.07, 6.45) is 7.32. The molecular formula is C7H16N2S. The topological polar surface area (TPSA) is 27.0 Å². The Balaban J connectivity index is 3.65. The molecule has 0 aromatic carbocycles. The van der Waals surface area contributed by atoms with Crippen molar-refractivity contribution in [1.29, 1.82) is 5.26 Å². The van der Waals surface area contributed by atoms with Gasteiger partial charge in [0.1, 0.15) is 0 Å². The molecule has 3 heteroatoms. The Bertz CT molecular complexity index is 132. The van der Waals surface area contributed by atoms with Crippen LogP contribution in [0.5, 0.6) is 0 Å². The lowest BCUT2D eigenvalue weighted by atomic mass is 10.5. The van der Waals surface area contributed by atoms with E-state index in [1.54, 1.807) is 0 Å². The van der Waals surface area contributed by atoms with Crippen molar-refractivity contribution in [2.45, 2.75) is 6.42 Å². The van der Waals surface area contributed by atoms with Crippen LogP contribution in [0.3, 0.4) is 0 Å². The van der Waals surface area contributed by atoms with Gasteiger partial charge in [0, 0.05) is 13.0 Å². The van der Waals surface area contributed by atoms with Gasteiger partial charge in [-0.1, -0.05) is 0 Å². The zero-order valence-corrected chi connectivity index (χ0v) is 8.03. The van der Waals surface area contributed by atoms with E-state index in [1.807, 2.05) is 0 Å². The van der Waals surface area contributed by atoms with Crippen LogP contribution < -0.4 is 0 Å². The molecule has 0 saturated carbocycles. The predicted molar refractivity (Wildman–Crippen MR) is 48.2 cm³/mol. The second-order valence-corrected chi connectivity index (χ2v) is 7.20. The fraction of sp³-hybridized carbons (Fsp3) is 0.857. The van der Waals surface area contributed by atoms with Gasteiger partial charge in [0.2, 0.25) is 0 Å². The average Bonchev–Trinajstić information content (AvgIpc) is 1.80. The molecule has 0 aliphatic heterocycles. The molecule has 60 valence electrons. The Kier molecular flexibility index (Phi) is 3.77. The van der Waals surface area contributed by atoms with Crippen LogP contribution >= 0.6 is 10.2 Å². The van der Waals surface area contributed by atoms with Crippen LogP contribution in [0.4, 0.5) is 0 Å². The first-order valence-corrected chi connectivity index (χ1v) is 6.06. The van der Waals surface area contributed by atoms with Crippen LogP contribution in [0.1, 0.15) is 6.42 Å². The van der Waals surface area contributed by atoms with E-state index in [1.165, 1.54) is 0 Å². The van der Waals surface area contributed by atoms with E-state index in [-0.39, 0.29) is 0 Å². The van der Waals surface area contributed by atoms with Gasteiger partial charge in [0.15, 0.2) is 0 Å². The van der Waals surface area contributed by atoms with Gasteiger partial charge < -0.3 is 0 Å². The Labute approximate surface area is 65.3 Å². The maximum atomic E-state index is 8.31. The van der Waals surface area contributed by atoms with Crippen molar-refractivity contribution in [2.24, 2.45) is 0 Å². The van der Waals surface area contributed by atoms with Crippen molar-refractivity contribution in [1.82, 2.24) is 4.31 Å². The first-order valence-electron chi connectivity index (χ1n) is 3.25. The van der Waals surface area contributed by atoms with Gasteiger partial charge in [-0.05, 0) is 25.8 Å². The molecule has 0 bridgehead atoms. The highest BCUT2D eigenvalue weighted by atomic mass is 32.3. The zero-order chi connectivity index (χ0) is 8.20. The summed E-state index contributed by atoms with van der Waals surface area (Å²) in [6.45, 7) is 0.898. The van der Waals surface area contributed by atoms with E-state index in [4.69, 9.17) is 5.26 Å². The summed E-state index contributed by atoms with van der Waals surface area (Å²) in [5.74, 6) is 0. The minimum absolute atomic E-state index is 0.593. The smallest absolute Gasteiger partial charge is 0.0635 e. The van der Waals surface area contributed by atoms with E-state index >= 15 is 0 Å². The molecule has 0 atom stereocenters. The van der Waals surface area contributed by atoms with Gasteiger partial charge >= 0.3 is 0 Å². The first kappa shape index (κ1) is 9.80. The third-order valence-corrected chi connectivity index (χ3v) is 3.53. The van der Waals surface area contributed by atoms with Crippen molar-refractivity contribution in [3.05, 3.63) is 0 Å². The Morgan fingerprint density at radius 3 is 2.20 bits per heavy atom. The number of hydrogen-bond acceptors (Lipinski definition) is 2. The van der Waals surface area contributed by atoms with Crippen LogP contribution in [0.15, 0.2) is 0 Å². The third-order valence-electron chi connectivity index (χ3n) is 1.47. The monoisotopic (exact) mass is 160 g/mol. The van der Waals surface area contributed by atoms with Crippen LogP contribution in [0.25, 0.3) is 0 Å². The number of nitriles is 1. The minimum Gasteiger partial charge on any atom is -0.270 e. The van der Waals surface area contributed by atoms with Crippen molar-refractivity contribution in [2.75, 3.05) is 32.4 Å². The molecule has 0 aliphatic rings. The van der Waals surface area contributed by atoms with E-state index in [2.05, 4.69) is 36.2 Å². The van der Waals surface area contributed by atoms with E-state index in [9.17, 15) is 0 Å². The molecule has 0 rings (SSSR count). The molecule has 0 spiro atoms. The van der Waals surface area contributed by atoms with Gasteiger partial charge in [0.25, 0.3) is 0 Å². The van der Waals surface area contributed by atoms with E-state index in [0.29, 0.717) is 6.42 Å². The molecule has 0 aromatic heterocycles. The lowest BCUT2D eigenvalue weighted by Gasteiger charge is -2.36. The molecule has 10 heavy (non-hydrogen) atoms. The van der Waals surface area contributed by atoms with Crippen LogP contribution in [-0.2, 0) is 0 Å². The molecule has 0 aliphatic carbocycles. The molecule has 0 fully saturated rings. The van der Waals surface area contributed by atoms with Crippen molar-refractivity contribution in [3.8, 4) is 6.07 Å². The lowest BCUT2D eigenvalue weighted by Crippen LogP contribution is -2.22. The maximum Gasteiger partial charge on any atom is 0.0635 e. The summed E-state index contributed by atoms with van der Waals surface area (Å²) in [4.78, 5) is 0. The fourth-order valence-corrected chi connectivity index (χ4v) is 1.12. The maximum absolute atomic E-state index is 8.31. The summed E-state index contributed by atoms with van der Waals surface area (Å²) >= 11 is 0. The molecule has 0 unspecified atom stereocenters. The summed E-state index contributed by atoms with van der Waals surface area (Å²) in [7, 11) is 1.48. The highest BCUT2D eigenvalue weighted by molar-refractivity contribution is 8.30. The van der Waals surface area contributed by atoms with Crippen molar-refractivity contribution in [3.63, 3.8) is 0 Å². The van der Waals surface area contributed by atoms with E-state index in [0.717, 1.165) is 6.54 Å². The molecule has 0 radical (unpaired) electrons. The number of hydrogen-bond donors (Lipinski definition) is 0. The molecule has 0 heterocycles. The van der Waals surface area contributed by atoms with Crippen LogP contribution in [-0.4, -0.2) is 36.7 Å². The molecule has 0 N–H and O–H groups in total. The standard InChI is InChI=1S/C7H16N2S/c1-9(7-5-6-8)10(2,3)4/h5,7H2,1-4H3. The second kappa shape index (κ2) is 3.85. The van der Waals surface area contributed by atoms with Gasteiger partial charge in [-0.2, -0.15) is 15.5 Å². The van der Waals surface area contributed by atoms with Gasteiger partial charge in [-0.15, -0.1) is 0 Å². The summed E-state index contributed by atoms with van der Waals surface area (Å²) in [6, 6.07) is 2.14. The Morgan fingerprint density at radius 2 is 1.90 bits per heavy atom. The van der Waals surface area contributed by atoms with Gasteiger partial charge in [-0.3, -0.25) is 4.31 Å². The van der Waals surface area contributed by atoms with Crippen LogP contribution in [0.2, 0.25) is 0 Å². The molecular weight excluding hydrogens is 144 g/mol. The third kappa shape index (κ3) is 3.76. The largest absolute Gasteiger partial charge is 0.270 e. The van der Waals surface area contributed by atoms with E-state index < -0.39 is 10.2 Å². The van der Waals surface area contributed by atoms with Crippen LogP contribution in [0, 0.1) is 11.3 Å². The van der Waals surface area contributed by atoms with Crippen molar-refractivity contribution < 1.29 is 0 Å². The molecule has 2 nitrogen and oxygen atoms in total. The first-order chi connectivity index (χ1) is 4.48.